The summed E-state index contributed by atoms with van der Waals surface area (Å²) in [6.07, 6.45) is 10.8. The van der Waals surface area contributed by atoms with E-state index >= 15 is 0 Å². The van der Waals surface area contributed by atoms with Crippen molar-refractivity contribution >= 4 is 45.4 Å². The summed E-state index contributed by atoms with van der Waals surface area (Å²) in [6.45, 7) is 13.2. The van der Waals surface area contributed by atoms with Crippen molar-refractivity contribution in [1.29, 1.82) is 0 Å². The molecule has 3 nitrogen and oxygen atoms in total. The van der Waals surface area contributed by atoms with E-state index in [0.717, 1.165) is 73.5 Å². The highest BCUT2D eigenvalue weighted by molar-refractivity contribution is 6.05. The molecule has 0 fully saturated rings. The maximum atomic E-state index is 4.54. The van der Waals surface area contributed by atoms with Crippen molar-refractivity contribution in [3.05, 3.63) is 254 Å². The molecule has 0 atom stereocenters. The van der Waals surface area contributed by atoms with Gasteiger partial charge in [-0.15, -0.1) is 0 Å². The fourth-order valence-electron chi connectivity index (χ4n) is 9.74. The highest BCUT2D eigenvalue weighted by atomic mass is 15.2. The van der Waals surface area contributed by atoms with Crippen LogP contribution in [0.15, 0.2) is 248 Å². The molecule has 2 heterocycles. The SMILES string of the molecule is C=CC1=C(/C=C\C)c2ccccc2-c2ccccc2N1c1cc(N(C(/C=C\C)=C(C)C)c2ccccc2-c2ccccc2)cc(N2c3ccccc3-c3ccccc3-c3ccccc32)c1. The maximum absolute atomic E-state index is 4.54. The zero-order valence-corrected chi connectivity index (χ0v) is 37.4. The largest absolute Gasteiger partial charge is 0.310 e. The minimum atomic E-state index is 1.000. The molecule has 0 saturated heterocycles. The number of hydrogen-bond donors (Lipinski definition) is 0. The van der Waals surface area contributed by atoms with Crippen LogP contribution in [-0.2, 0) is 0 Å². The number of fused-ring (bicyclic) bond motifs is 8. The van der Waals surface area contributed by atoms with Crippen molar-refractivity contribution in [2.75, 3.05) is 14.7 Å². The van der Waals surface area contributed by atoms with Gasteiger partial charge < -0.3 is 14.7 Å². The van der Waals surface area contributed by atoms with Crippen LogP contribution >= 0.6 is 0 Å². The van der Waals surface area contributed by atoms with Crippen molar-refractivity contribution in [3.8, 4) is 44.5 Å². The molecule has 0 aromatic heterocycles. The van der Waals surface area contributed by atoms with Crippen molar-refractivity contribution in [2.45, 2.75) is 27.7 Å². The first kappa shape index (κ1) is 40.9. The second-order valence-electron chi connectivity index (χ2n) is 16.6. The number of anilines is 7. The van der Waals surface area contributed by atoms with Gasteiger partial charge in [0.25, 0.3) is 0 Å². The number of benzene rings is 8. The Morgan fingerprint density at radius 2 is 0.908 bits per heavy atom. The Labute approximate surface area is 384 Å². The van der Waals surface area contributed by atoms with E-state index in [-0.39, 0.29) is 0 Å². The molecule has 65 heavy (non-hydrogen) atoms. The van der Waals surface area contributed by atoms with Crippen LogP contribution < -0.4 is 14.7 Å². The average Bonchev–Trinajstić information content (AvgIpc) is 3.56. The molecular formula is C62H51N3. The Morgan fingerprint density at radius 3 is 1.43 bits per heavy atom. The van der Waals surface area contributed by atoms with Gasteiger partial charge in [-0.05, 0) is 110 Å². The molecular weight excluding hydrogens is 787 g/mol. The van der Waals surface area contributed by atoms with Gasteiger partial charge in [0.1, 0.15) is 0 Å². The van der Waals surface area contributed by atoms with Gasteiger partial charge >= 0.3 is 0 Å². The normalized spacial score (nSPS) is 12.7. The molecule has 3 heteroatoms. The first-order chi connectivity index (χ1) is 32.0. The lowest BCUT2D eigenvalue weighted by Crippen LogP contribution is -2.21. The fraction of sp³-hybridized carbons (Fsp3) is 0.0645. The van der Waals surface area contributed by atoms with Gasteiger partial charge in [0.2, 0.25) is 0 Å². The Morgan fingerprint density at radius 1 is 0.462 bits per heavy atom. The molecule has 314 valence electrons. The Hall–Kier alpha value is -8.14. The van der Waals surface area contributed by atoms with E-state index in [1.807, 2.05) is 6.08 Å². The van der Waals surface area contributed by atoms with Crippen LogP contribution in [0, 0.1) is 0 Å². The molecule has 8 aromatic rings. The van der Waals surface area contributed by atoms with E-state index < -0.39 is 0 Å². The lowest BCUT2D eigenvalue weighted by molar-refractivity contribution is 1.14. The third kappa shape index (κ3) is 7.22. The Kier molecular flexibility index (Phi) is 11.0. The van der Waals surface area contributed by atoms with Gasteiger partial charge in [-0.25, -0.2) is 0 Å². The number of rotatable bonds is 9. The molecule has 0 amide bonds. The summed E-state index contributed by atoms with van der Waals surface area (Å²) < 4.78 is 0. The van der Waals surface area contributed by atoms with Crippen molar-refractivity contribution in [3.63, 3.8) is 0 Å². The molecule has 0 aliphatic carbocycles. The van der Waals surface area contributed by atoms with Crippen LogP contribution in [0.2, 0.25) is 0 Å². The topological polar surface area (TPSA) is 9.72 Å². The molecule has 0 radical (unpaired) electrons. The minimum Gasteiger partial charge on any atom is -0.310 e. The predicted octanol–water partition coefficient (Wildman–Crippen LogP) is 17.8. The third-order valence-corrected chi connectivity index (χ3v) is 12.5. The molecule has 0 unspecified atom stereocenters. The number of para-hydroxylation sites is 4. The highest BCUT2D eigenvalue weighted by Crippen LogP contribution is 2.54. The average molecular weight is 838 g/mol. The van der Waals surface area contributed by atoms with Crippen LogP contribution in [0.4, 0.5) is 39.8 Å². The molecule has 10 rings (SSSR count). The maximum Gasteiger partial charge on any atom is 0.0540 e. The minimum absolute atomic E-state index is 1.000. The summed E-state index contributed by atoms with van der Waals surface area (Å²) >= 11 is 0. The molecule has 2 aliphatic heterocycles. The summed E-state index contributed by atoms with van der Waals surface area (Å²) in [5.41, 5.74) is 22.4. The molecule has 0 N–H and O–H groups in total. The van der Waals surface area contributed by atoms with Crippen LogP contribution in [0.1, 0.15) is 33.3 Å². The van der Waals surface area contributed by atoms with Crippen molar-refractivity contribution in [1.82, 2.24) is 0 Å². The van der Waals surface area contributed by atoms with Gasteiger partial charge in [-0.1, -0.05) is 182 Å². The van der Waals surface area contributed by atoms with E-state index in [1.165, 1.54) is 39.0 Å². The molecule has 0 saturated carbocycles. The quantitative estimate of drug-likeness (QED) is 0.134. The Balaban J connectivity index is 1.35. The first-order valence-corrected chi connectivity index (χ1v) is 22.5. The highest BCUT2D eigenvalue weighted by Gasteiger charge is 2.31. The van der Waals surface area contributed by atoms with E-state index in [9.17, 15) is 0 Å². The van der Waals surface area contributed by atoms with E-state index in [4.69, 9.17) is 0 Å². The summed E-state index contributed by atoms with van der Waals surface area (Å²) in [6, 6.07) is 70.7. The number of allylic oxidation sites excluding steroid dienone is 7. The summed E-state index contributed by atoms with van der Waals surface area (Å²) in [5, 5.41) is 0. The summed E-state index contributed by atoms with van der Waals surface area (Å²) in [4.78, 5) is 7.35. The van der Waals surface area contributed by atoms with Crippen molar-refractivity contribution in [2.24, 2.45) is 0 Å². The van der Waals surface area contributed by atoms with Crippen LogP contribution in [0.5, 0.6) is 0 Å². The standard InChI is InChI=1S/C62H51N3/c1-6-24-53-49-29-12-13-30-50(49)54-33-17-21-37-60(54)63(57(53)8-3)45-40-46(64(58(25-7-2)43(4)5)59-36-20-16-28-48(59)44-26-10-9-11-27-44)42-47(41-45)65-61-38-22-18-34-55(61)51-31-14-15-32-52(51)56-35-19-23-39-62(56)65/h6-42H,3H2,1-2,4-5H3/b24-6-,25-7-. The monoisotopic (exact) mass is 837 g/mol. The van der Waals surface area contributed by atoms with Gasteiger partial charge in [0.05, 0.1) is 45.5 Å². The van der Waals surface area contributed by atoms with Gasteiger partial charge in [0.15, 0.2) is 0 Å². The molecule has 0 bridgehead atoms. The Bertz CT molecular complexity index is 3160. The molecule has 2 aliphatic rings. The van der Waals surface area contributed by atoms with Crippen LogP contribution in [0.3, 0.4) is 0 Å². The zero-order chi connectivity index (χ0) is 44.4. The second kappa shape index (κ2) is 17.6. The second-order valence-corrected chi connectivity index (χ2v) is 16.6. The number of nitrogens with zero attached hydrogens (tertiary/aromatic N) is 3. The fourth-order valence-corrected chi connectivity index (χ4v) is 9.74. The lowest BCUT2D eigenvalue weighted by atomic mass is 9.94. The summed E-state index contributed by atoms with van der Waals surface area (Å²) in [7, 11) is 0. The molecule has 8 aromatic carbocycles. The van der Waals surface area contributed by atoms with E-state index in [1.54, 1.807) is 0 Å². The van der Waals surface area contributed by atoms with Crippen LogP contribution in [-0.4, -0.2) is 0 Å². The van der Waals surface area contributed by atoms with Gasteiger partial charge in [0, 0.05) is 33.5 Å². The van der Waals surface area contributed by atoms with Gasteiger partial charge in [-0.3, -0.25) is 0 Å². The zero-order valence-electron chi connectivity index (χ0n) is 37.4. The molecule has 0 spiro atoms. The third-order valence-electron chi connectivity index (χ3n) is 12.5. The van der Waals surface area contributed by atoms with Crippen LogP contribution in [0.25, 0.3) is 50.1 Å². The smallest absolute Gasteiger partial charge is 0.0540 e. The lowest BCUT2D eigenvalue weighted by Gasteiger charge is -2.35. The summed E-state index contributed by atoms with van der Waals surface area (Å²) in [5.74, 6) is 0. The van der Waals surface area contributed by atoms with E-state index in [2.05, 4.69) is 267 Å². The first-order valence-electron chi connectivity index (χ1n) is 22.5. The van der Waals surface area contributed by atoms with E-state index in [0.29, 0.717) is 0 Å². The van der Waals surface area contributed by atoms with Crippen molar-refractivity contribution < 1.29 is 0 Å². The van der Waals surface area contributed by atoms with Gasteiger partial charge in [-0.2, -0.15) is 0 Å². The predicted molar refractivity (Wildman–Crippen MR) is 279 cm³/mol. The number of hydrogen-bond acceptors (Lipinski definition) is 3.